The molecular weight excluding hydrogens is 290 g/mol. The quantitative estimate of drug-likeness (QED) is 0.503. The van der Waals surface area contributed by atoms with Gasteiger partial charge in [-0.25, -0.2) is 4.98 Å². The van der Waals surface area contributed by atoms with E-state index in [1.807, 2.05) is 30.3 Å². The van der Waals surface area contributed by atoms with Crippen molar-refractivity contribution in [1.82, 2.24) is 4.98 Å². The molecule has 1 amide bonds. The molecular formula is C17H19N5O. The molecule has 0 aliphatic rings. The van der Waals surface area contributed by atoms with Crippen molar-refractivity contribution in [3.05, 3.63) is 59.9 Å². The average Bonchev–Trinajstić information content (AvgIpc) is 2.56. The lowest BCUT2D eigenvalue weighted by Crippen LogP contribution is -2.23. The molecule has 0 atom stereocenters. The van der Waals surface area contributed by atoms with Crippen LogP contribution in [0.3, 0.4) is 0 Å². The zero-order chi connectivity index (χ0) is 16.8. The lowest BCUT2D eigenvalue weighted by atomic mass is 10.1. The van der Waals surface area contributed by atoms with Crippen molar-refractivity contribution in [1.29, 1.82) is 5.41 Å². The molecule has 0 bridgehead atoms. The van der Waals surface area contributed by atoms with E-state index in [0.717, 1.165) is 5.69 Å². The molecule has 23 heavy (non-hydrogen) atoms. The predicted octanol–water partition coefficient (Wildman–Crippen LogP) is 3.04. The fraction of sp³-hybridized carbons (Fsp3) is 0.118. The molecule has 0 saturated carbocycles. The number of pyridine rings is 1. The summed E-state index contributed by atoms with van der Waals surface area (Å²) in [4.78, 5) is 16.2. The van der Waals surface area contributed by atoms with Crippen molar-refractivity contribution >= 4 is 28.8 Å². The maximum atomic E-state index is 12.0. The topological polar surface area (TPSA) is 104 Å². The van der Waals surface area contributed by atoms with Crippen LogP contribution in [0.4, 0.5) is 17.2 Å². The number of hydrogen-bond acceptors (Lipinski definition) is 5. The monoisotopic (exact) mass is 309 g/mol. The molecule has 0 fully saturated rings. The van der Waals surface area contributed by atoms with E-state index in [2.05, 4.69) is 15.6 Å². The average molecular weight is 309 g/mol. The molecule has 6 heteroatoms. The van der Waals surface area contributed by atoms with E-state index < -0.39 is 5.91 Å². The lowest BCUT2D eigenvalue weighted by molar-refractivity contribution is -0.112. The number of carbonyl (C=O) groups is 1. The van der Waals surface area contributed by atoms with Crippen LogP contribution in [0.1, 0.15) is 13.8 Å². The highest BCUT2D eigenvalue weighted by atomic mass is 16.2. The standard InChI is InChI=1S/C17H19N5O/c1-11(12(2)18)16(19)17(23)22-14-8-9-15(20-10-14)21-13-6-4-3-5-7-13/h3-10,18H,19H2,1-2H3,(H,20,21)(H,22,23)/b16-11-,18-12?. The molecule has 2 rings (SSSR count). The fourth-order valence-electron chi connectivity index (χ4n) is 1.78. The van der Waals surface area contributed by atoms with Crippen molar-refractivity contribution in [2.24, 2.45) is 5.73 Å². The summed E-state index contributed by atoms with van der Waals surface area (Å²) in [5, 5.41) is 13.3. The highest BCUT2D eigenvalue weighted by molar-refractivity contribution is 6.09. The summed E-state index contributed by atoms with van der Waals surface area (Å²) >= 11 is 0. The number of benzene rings is 1. The molecule has 118 valence electrons. The van der Waals surface area contributed by atoms with Crippen LogP contribution in [0.25, 0.3) is 0 Å². The Labute approximate surface area is 134 Å². The van der Waals surface area contributed by atoms with Crippen molar-refractivity contribution < 1.29 is 4.79 Å². The van der Waals surface area contributed by atoms with Gasteiger partial charge in [0.25, 0.3) is 5.91 Å². The van der Waals surface area contributed by atoms with Gasteiger partial charge in [-0.15, -0.1) is 0 Å². The Balaban J connectivity index is 2.04. The Morgan fingerprint density at radius 3 is 2.35 bits per heavy atom. The highest BCUT2D eigenvalue weighted by Gasteiger charge is 2.10. The molecule has 0 spiro atoms. The highest BCUT2D eigenvalue weighted by Crippen LogP contribution is 2.16. The second-order valence-electron chi connectivity index (χ2n) is 5.04. The van der Waals surface area contributed by atoms with Gasteiger partial charge in [0.15, 0.2) is 0 Å². The zero-order valence-corrected chi connectivity index (χ0v) is 13.1. The summed E-state index contributed by atoms with van der Waals surface area (Å²) in [6, 6.07) is 13.2. The van der Waals surface area contributed by atoms with Crippen LogP contribution in [0.5, 0.6) is 0 Å². The first kappa shape index (κ1) is 16.2. The van der Waals surface area contributed by atoms with E-state index in [-0.39, 0.29) is 11.4 Å². The minimum Gasteiger partial charge on any atom is -0.394 e. The number of hydrogen-bond donors (Lipinski definition) is 4. The van der Waals surface area contributed by atoms with Gasteiger partial charge in [0.1, 0.15) is 11.5 Å². The van der Waals surface area contributed by atoms with Gasteiger partial charge >= 0.3 is 0 Å². The first-order valence-electron chi connectivity index (χ1n) is 7.08. The van der Waals surface area contributed by atoms with Crippen molar-refractivity contribution in [3.63, 3.8) is 0 Å². The summed E-state index contributed by atoms with van der Waals surface area (Å²) in [5.74, 6) is 0.226. The van der Waals surface area contributed by atoms with E-state index in [1.165, 1.54) is 0 Å². The molecule has 6 nitrogen and oxygen atoms in total. The number of nitrogens with one attached hydrogen (secondary N) is 3. The summed E-state index contributed by atoms with van der Waals surface area (Å²) in [6.07, 6.45) is 1.54. The molecule has 1 heterocycles. The van der Waals surface area contributed by atoms with E-state index in [4.69, 9.17) is 11.1 Å². The third kappa shape index (κ3) is 4.41. The van der Waals surface area contributed by atoms with Crippen LogP contribution < -0.4 is 16.4 Å². The first-order chi connectivity index (χ1) is 11.0. The maximum absolute atomic E-state index is 12.0. The summed E-state index contributed by atoms with van der Waals surface area (Å²) in [5.41, 5.74) is 7.95. The minimum absolute atomic E-state index is 0.0315. The number of rotatable bonds is 5. The van der Waals surface area contributed by atoms with Gasteiger partial charge in [0.05, 0.1) is 11.9 Å². The first-order valence-corrected chi connectivity index (χ1v) is 7.08. The van der Waals surface area contributed by atoms with Crippen LogP contribution in [0.15, 0.2) is 59.9 Å². The predicted molar refractivity (Wildman–Crippen MR) is 92.9 cm³/mol. The Hall–Kier alpha value is -3.15. The number of para-hydroxylation sites is 1. The Morgan fingerprint density at radius 1 is 1.09 bits per heavy atom. The van der Waals surface area contributed by atoms with Crippen LogP contribution >= 0.6 is 0 Å². The van der Waals surface area contributed by atoms with E-state index in [0.29, 0.717) is 17.1 Å². The van der Waals surface area contributed by atoms with Crippen LogP contribution in [-0.2, 0) is 4.79 Å². The van der Waals surface area contributed by atoms with E-state index in [9.17, 15) is 4.79 Å². The van der Waals surface area contributed by atoms with Gasteiger partial charge < -0.3 is 21.8 Å². The molecule has 0 radical (unpaired) electrons. The molecule has 5 N–H and O–H groups in total. The summed E-state index contributed by atoms with van der Waals surface area (Å²) < 4.78 is 0. The van der Waals surface area contributed by atoms with Crippen LogP contribution in [-0.4, -0.2) is 16.6 Å². The van der Waals surface area contributed by atoms with Crippen molar-refractivity contribution in [2.75, 3.05) is 10.6 Å². The molecule has 0 aliphatic carbocycles. The van der Waals surface area contributed by atoms with Gasteiger partial charge in [-0.1, -0.05) is 18.2 Å². The van der Waals surface area contributed by atoms with Gasteiger partial charge in [0.2, 0.25) is 0 Å². The lowest BCUT2D eigenvalue weighted by Gasteiger charge is -2.09. The molecule has 0 saturated heterocycles. The molecule has 1 aromatic heterocycles. The third-order valence-electron chi connectivity index (χ3n) is 3.28. The Kier molecular flexibility index (Phi) is 5.09. The number of nitrogens with two attached hydrogens (primary N) is 1. The normalized spacial score (nSPS) is 11.4. The van der Waals surface area contributed by atoms with E-state index >= 15 is 0 Å². The molecule has 0 unspecified atom stereocenters. The minimum atomic E-state index is -0.445. The largest absolute Gasteiger partial charge is 0.394 e. The summed E-state index contributed by atoms with van der Waals surface area (Å²) in [6.45, 7) is 3.23. The van der Waals surface area contributed by atoms with Crippen LogP contribution in [0.2, 0.25) is 0 Å². The van der Waals surface area contributed by atoms with Gasteiger partial charge in [-0.3, -0.25) is 4.79 Å². The molecule has 0 aliphatic heterocycles. The molecule has 2 aromatic rings. The number of anilines is 3. The number of amides is 1. The maximum Gasteiger partial charge on any atom is 0.271 e. The van der Waals surface area contributed by atoms with Gasteiger partial charge in [0, 0.05) is 11.4 Å². The SMILES string of the molecule is CC(=N)/C(C)=C(\N)C(=O)Nc1ccc(Nc2ccccc2)nc1. The number of allylic oxidation sites excluding steroid dienone is 1. The van der Waals surface area contributed by atoms with Gasteiger partial charge in [-0.2, -0.15) is 0 Å². The number of carbonyl (C=O) groups excluding carboxylic acids is 1. The van der Waals surface area contributed by atoms with Crippen molar-refractivity contribution in [3.8, 4) is 0 Å². The zero-order valence-electron chi connectivity index (χ0n) is 13.1. The third-order valence-corrected chi connectivity index (χ3v) is 3.28. The fourth-order valence-corrected chi connectivity index (χ4v) is 1.78. The second kappa shape index (κ2) is 7.22. The number of nitrogens with zero attached hydrogens (tertiary/aromatic N) is 1. The Bertz CT molecular complexity index is 735. The van der Waals surface area contributed by atoms with E-state index in [1.54, 1.807) is 32.2 Å². The smallest absolute Gasteiger partial charge is 0.271 e. The number of aromatic nitrogens is 1. The second-order valence-corrected chi connectivity index (χ2v) is 5.04. The van der Waals surface area contributed by atoms with Crippen LogP contribution in [0, 0.1) is 5.41 Å². The van der Waals surface area contributed by atoms with Crippen molar-refractivity contribution in [2.45, 2.75) is 13.8 Å². The molecule has 1 aromatic carbocycles. The summed E-state index contributed by atoms with van der Waals surface area (Å²) in [7, 11) is 0. The van der Waals surface area contributed by atoms with Gasteiger partial charge in [-0.05, 0) is 43.7 Å². The Morgan fingerprint density at radius 2 is 1.78 bits per heavy atom.